The van der Waals surface area contributed by atoms with Gasteiger partial charge in [0.25, 0.3) is 5.91 Å². The Morgan fingerprint density at radius 3 is 2.57 bits per heavy atom. The van der Waals surface area contributed by atoms with Crippen LogP contribution in [0.25, 0.3) is 22.3 Å². The van der Waals surface area contributed by atoms with Gasteiger partial charge in [-0.3, -0.25) is 14.3 Å². The summed E-state index contributed by atoms with van der Waals surface area (Å²) in [7, 11) is -2.18. The van der Waals surface area contributed by atoms with Crippen molar-refractivity contribution in [1.29, 1.82) is 0 Å². The maximum atomic E-state index is 14.6. The van der Waals surface area contributed by atoms with E-state index < -0.39 is 33.3 Å². The Hall–Kier alpha value is -4.06. The molecule has 4 rings (SSSR count). The van der Waals surface area contributed by atoms with Gasteiger partial charge in [-0.2, -0.15) is 5.10 Å². The Morgan fingerprint density at radius 2 is 1.92 bits per heavy atom. The first-order valence-corrected chi connectivity index (χ1v) is 13.0. The predicted molar refractivity (Wildman–Crippen MR) is 135 cm³/mol. The van der Waals surface area contributed by atoms with Crippen LogP contribution in [-0.4, -0.2) is 36.9 Å². The molecule has 37 heavy (non-hydrogen) atoms. The minimum atomic E-state index is -3.93. The standard InChI is InChI=1S/C25H24F2N4O5S/c1-13-9-15(24-18(10-13)22(32)14(2)23(36-24)16-11-29-31(3)12-16)7-8-28-21-17(5-6-19(26)20(21)27)25(33)30-37(4,34)35/h5-6,9-12,28H,7-8H2,1-4H3,(H,30,33). The van der Waals surface area contributed by atoms with Crippen LogP contribution in [0.2, 0.25) is 0 Å². The number of amides is 1. The average Bonchev–Trinajstić information content (AvgIpc) is 3.24. The molecule has 194 valence electrons. The summed E-state index contributed by atoms with van der Waals surface area (Å²) >= 11 is 0. The number of benzene rings is 2. The molecule has 9 nitrogen and oxygen atoms in total. The summed E-state index contributed by atoms with van der Waals surface area (Å²) in [6.45, 7) is 3.50. The van der Waals surface area contributed by atoms with Crippen molar-refractivity contribution < 1.29 is 26.4 Å². The van der Waals surface area contributed by atoms with Crippen molar-refractivity contribution in [1.82, 2.24) is 14.5 Å². The van der Waals surface area contributed by atoms with Gasteiger partial charge >= 0.3 is 0 Å². The largest absolute Gasteiger partial charge is 0.455 e. The van der Waals surface area contributed by atoms with Gasteiger partial charge < -0.3 is 9.73 Å². The monoisotopic (exact) mass is 530 g/mol. The lowest BCUT2D eigenvalue weighted by atomic mass is 10.0. The van der Waals surface area contributed by atoms with Crippen LogP contribution in [0, 0.1) is 25.5 Å². The van der Waals surface area contributed by atoms with Crippen LogP contribution in [0.1, 0.15) is 27.0 Å². The van der Waals surface area contributed by atoms with E-state index in [-0.39, 0.29) is 24.0 Å². The first kappa shape index (κ1) is 26.0. The average molecular weight is 531 g/mol. The number of rotatable bonds is 7. The number of aromatic nitrogens is 2. The molecule has 0 unspecified atom stereocenters. The van der Waals surface area contributed by atoms with E-state index in [1.165, 1.54) is 0 Å². The van der Waals surface area contributed by atoms with Crippen molar-refractivity contribution in [2.24, 2.45) is 7.05 Å². The molecule has 0 spiro atoms. The fraction of sp³-hybridized carbons (Fsp3) is 0.240. The predicted octanol–water partition coefficient (Wildman–Crippen LogP) is 3.43. The number of hydrogen-bond donors (Lipinski definition) is 2. The number of anilines is 1. The molecule has 0 bridgehead atoms. The quantitative estimate of drug-likeness (QED) is 0.375. The number of sulfonamides is 1. The summed E-state index contributed by atoms with van der Waals surface area (Å²) in [5.74, 6) is -3.26. The van der Waals surface area contributed by atoms with Crippen molar-refractivity contribution >= 4 is 32.6 Å². The second kappa shape index (κ2) is 9.77. The summed E-state index contributed by atoms with van der Waals surface area (Å²) in [6.07, 6.45) is 4.29. The molecule has 0 fully saturated rings. The zero-order chi connectivity index (χ0) is 27.1. The summed E-state index contributed by atoms with van der Waals surface area (Å²) in [5, 5.41) is 7.21. The highest BCUT2D eigenvalue weighted by atomic mass is 32.2. The maximum absolute atomic E-state index is 14.6. The number of fused-ring (bicyclic) bond motifs is 1. The number of carbonyl (C=O) groups is 1. The van der Waals surface area contributed by atoms with Crippen LogP contribution in [-0.2, 0) is 23.5 Å². The van der Waals surface area contributed by atoms with Crippen molar-refractivity contribution in [3.05, 3.63) is 80.8 Å². The van der Waals surface area contributed by atoms with E-state index in [9.17, 15) is 26.8 Å². The Labute approximate surface area is 211 Å². The third-order valence-electron chi connectivity index (χ3n) is 5.72. The minimum absolute atomic E-state index is 0.0118. The summed E-state index contributed by atoms with van der Waals surface area (Å²) < 4.78 is 61.0. The van der Waals surface area contributed by atoms with E-state index in [0.29, 0.717) is 33.4 Å². The molecule has 0 aliphatic rings. The third kappa shape index (κ3) is 5.38. The molecule has 2 aromatic heterocycles. The molecule has 12 heteroatoms. The SMILES string of the molecule is Cc1cc(CCNc2c(C(=O)NS(C)(=O)=O)ccc(F)c2F)c2oc(-c3cnn(C)c3)c(C)c(=O)c2c1. The van der Waals surface area contributed by atoms with Crippen LogP contribution in [0.15, 0.2) is 45.9 Å². The zero-order valence-electron chi connectivity index (χ0n) is 20.5. The van der Waals surface area contributed by atoms with Gasteiger partial charge in [0.1, 0.15) is 11.3 Å². The summed E-state index contributed by atoms with van der Waals surface area (Å²) in [5.41, 5.74) is 1.78. The van der Waals surface area contributed by atoms with Crippen molar-refractivity contribution in [3.8, 4) is 11.3 Å². The Bertz CT molecular complexity index is 1710. The highest BCUT2D eigenvalue weighted by Gasteiger charge is 2.21. The molecule has 2 heterocycles. The minimum Gasteiger partial charge on any atom is -0.455 e. The summed E-state index contributed by atoms with van der Waals surface area (Å²) in [6, 6.07) is 5.26. The first-order valence-electron chi connectivity index (χ1n) is 11.2. The summed E-state index contributed by atoms with van der Waals surface area (Å²) in [4.78, 5) is 25.5. The molecule has 0 radical (unpaired) electrons. The highest BCUT2D eigenvalue weighted by Crippen LogP contribution is 2.29. The molecule has 1 amide bonds. The second-order valence-electron chi connectivity index (χ2n) is 8.75. The van der Waals surface area contributed by atoms with E-state index in [1.807, 2.05) is 13.0 Å². The Balaban J connectivity index is 1.70. The van der Waals surface area contributed by atoms with E-state index in [2.05, 4.69) is 10.4 Å². The number of halogens is 2. The number of carbonyl (C=O) groups excluding carboxylic acids is 1. The Kier molecular flexibility index (Phi) is 6.87. The zero-order valence-corrected chi connectivity index (χ0v) is 21.3. The van der Waals surface area contributed by atoms with Crippen LogP contribution < -0.4 is 15.5 Å². The molecule has 0 aliphatic heterocycles. The lowest BCUT2D eigenvalue weighted by molar-refractivity contribution is 0.0982. The van der Waals surface area contributed by atoms with Gasteiger partial charge in [-0.05, 0) is 49.6 Å². The molecule has 2 N–H and O–H groups in total. The van der Waals surface area contributed by atoms with Crippen molar-refractivity contribution in [2.45, 2.75) is 20.3 Å². The normalized spacial score (nSPS) is 11.6. The highest BCUT2D eigenvalue weighted by molar-refractivity contribution is 7.89. The first-order chi connectivity index (χ1) is 17.4. The van der Waals surface area contributed by atoms with Crippen LogP contribution in [0.4, 0.5) is 14.5 Å². The van der Waals surface area contributed by atoms with Gasteiger partial charge in [0, 0.05) is 25.4 Å². The van der Waals surface area contributed by atoms with Crippen molar-refractivity contribution in [2.75, 3.05) is 18.1 Å². The fourth-order valence-corrected chi connectivity index (χ4v) is 4.53. The van der Waals surface area contributed by atoms with E-state index in [1.54, 1.807) is 41.8 Å². The lowest BCUT2D eigenvalue weighted by Gasteiger charge is -2.14. The van der Waals surface area contributed by atoms with Gasteiger partial charge in [-0.1, -0.05) is 6.07 Å². The van der Waals surface area contributed by atoms with Crippen molar-refractivity contribution in [3.63, 3.8) is 0 Å². The van der Waals surface area contributed by atoms with Crippen LogP contribution in [0.5, 0.6) is 0 Å². The van der Waals surface area contributed by atoms with Gasteiger partial charge in [-0.25, -0.2) is 21.9 Å². The van der Waals surface area contributed by atoms with E-state index in [4.69, 9.17) is 4.42 Å². The van der Waals surface area contributed by atoms with Gasteiger partial charge in [0.15, 0.2) is 17.1 Å². The maximum Gasteiger partial charge on any atom is 0.266 e. The van der Waals surface area contributed by atoms with Crippen LogP contribution in [0.3, 0.4) is 0 Å². The molecule has 2 aromatic carbocycles. The van der Waals surface area contributed by atoms with Gasteiger partial charge in [0.2, 0.25) is 10.0 Å². The second-order valence-corrected chi connectivity index (χ2v) is 10.5. The molecule has 0 atom stereocenters. The lowest BCUT2D eigenvalue weighted by Crippen LogP contribution is -2.30. The third-order valence-corrected chi connectivity index (χ3v) is 6.28. The van der Waals surface area contributed by atoms with Gasteiger partial charge in [-0.15, -0.1) is 0 Å². The van der Waals surface area contributed by atoms with E-state index >= 15 is 0 Å². The number of nitrogens with one attached hydrogen (secondary N) is 2. The Morgan fingerprint density at radius 1 is 1.19 bits per heavy atom. The molecular weight excluding hydrogens is 506 g/mol. The number of hydrogen-bond acceptors (Lipinski definition) is 7. The molecular formula is C25H24F2N4O5S. The number of aryl methyl sites for hydroxylation is 2. The fourth-order valence-electron chi connectivity index (χ4n) is 4.08. The number of nitrogens with zero attached hydrogens (tertiary/aromatic N) is 2. The molecule has 0 aliphatic carbocycles. The molecule has 0 saturated heterocycles. The van der Waals surface area contributed by atoms with Gasteiger partial charge in [0.05, 0.1) is 34.7 Å². The molecule has 4 aromatic rings. The molecule has 0 saturated carbocycles. The smallest absolute Gasteiger partial charge is 0.266 e. The van der Waals surface area contributed by atoms with E-state index in [0.717, 1.165) is 24.0 Å². The van der Waals surface area contributed by atoms with Crippen LogP contribution >= 0.6 is 0 Å². The topological polar surface area (TPSA) is 123 Å².